The van der Waals surface area contributed by atoms with E-state index in [1.807, 2.05) is 17.8 Å². The van der Waals surface area contributed by atoms with Gasteiger partial charge in [-0.15, -0.1) is 0 Å². The van der Waals surface area contributed by atoms with Gasteiger partial charge in [0.1, 0.15) is 17.5 Å². The number of thioether (sulfide) groups is 1. The maximum absolute atomic E-state index is 5.45. The van der Waals surface area contributed by atoms with E-state index in [4.69, 9.17) is 5.84 Å². The first-order valence-corrected chi connectivity index (χ1v) is 8.31. The second kappa shape index (κ2) is 7.55. The molecule has 0 radical (unpaired) electrons. The summed E-state index contributed by atoms with van der Waals surface area (Å²) in [7, 11) is 0. The molecule has 4 N–H and O–H groups in total. The highest BCUT2D eigenvalue weighted by molar-refractivity contribution is 7.98. The summed E-state index contributed by atoms with van der Waals surface area (Å²) in [5.74, 6) is 9.73. The monoisotopic (exact) mass is 281 g/mol. The van der Waals surface area contributed by atoms with Crippen LogP contribution in [0.4, 0.5) is 11.6 Å². The van der Waals surface area contributed by atoms with Gasteiger partial charge in [-0.1, -0.05) is 6.42 Å². The predicted molar refractivity (Wildman–Crippen MR) is 82.5 cm³/mol. The number of aromatic nitrogens is 2. The fourth-order valence-electron chi connectivity index (χ4n) is 1.92. The first-order valence-electron chi connectivity index (χ1n) is 6.92. The Morgan fingerprint density at radius 1 is 1.26 bits per heavy atom. The summed E-state index contributed by atoms with van der Waals surface area (Å²) < 4.78 is 0. The number of rotatable bonds is 9. The standard InChI is InChI=1S/C13H23N5S/c1-19-8-4-2-3-7-15-11-9-12(18-14)17-13(16-11)10-5-6-10/h9-10H,2-8,14H2,1H3,(H2,15,16,17,18). The highest BCUT2D eigenvalue weighted by Gasteiger charge is 2.27. The van der Waals surface area contributed by atoms with Crippen molar-refractivity contribution in [3.05, 3.63) is 11.9 Å². The Bertz CT molecular complexity index is 395. The van der Waals surface area contributed by atoms with Gasteiger partial charge < -0.3 is 10.7 Å². The maximum Gasteiger partial charge on any atom is 0.145 e. The van der Waals surface area contributed by atoms with Crippen molar-refractivity contribution in [3.63, 3.8) is 0 Å². The summed E-state index contributed by atoms with van der Waals surface area (Å²) in [6.07, 6.45) is 8.27. The molecule has 0 saturated heterocycles. The van der Waals surface area contributed by atoms with Crippen LogP contribution in [0.2, 0.25) is 0 Å². The van der Waals surface area contributed by atoms with E-state index in [0.29, 0.717) is 11.7 Å². The Morgan fingerprint density at radius 3 is 2.74 bits per heavy atom. The van der Waals surface area contributed by atoms with Crippen molar-refractivity contribution in [2.24, 2.45) is 5.84 Å². The normalized spacial score (nSPS) is 14.4. The molecular formula is C13H23N5S. The van der Waals surface area contributed by atoms with E-state index in [0.717, 1.165) is 18.2 Å². The lowest BCUT2D eigenvalue weighted by molar-refractivity contribution is 0.747. The molecular weight excluding hydrogens is 258 g/mol. The molecule has 1 aromatic rings. The molecule has 0 spiro atoms. The van der Waals surface area contributed by atoms with Gasteiger partial charge in [-0.05, 0) is 37.7 Å². The first-order chi connectivity index (χ1) is 9.33. The van der Waals surface area contributed by atoms with Crippen molar-refractivity contribution < 1.29 is 0 Å². The minimum Gasteiger partial charge on any atom is -0.370 e. The highest BCUT2D eigenvalue weighted by Crippen LogP contribution is 2.38. The molecule has 0 amide bonds. The minimum atomic E-state index is 0.537. The first kappa shape index (κ1) is 14.4. The van der Waals surface area contributed by atoms with Gasteiger partial charge in [0.25, 0.3) is 0 Å². The van der Waals surface area contributed by atoms with E-state index >= 15 is 0 Å². The Kier molecular flexibility index (Phi) is 5.72. The molecule has 2 rings (SSSR count). The molecule has 106 valence electrons. The molecule has 0 bridgehead atoms. The van der Waals surface area contributed by atoms with Crippen molar-refractivity contribution in [2.45, 2.75) is 38.0 Å². The van der Waals surface area contributed by atoms with E-state index in [1.54, 1.807) is 0 Å². The quantitative estimate of drug-likeness (QED) is 0.367. The largest absolute Gasteiger partial charge is 0.370 e. The average molecular weight is 281 g/mol. The van der Waals surface area contributed by atoms with Gasteiger partial charge in [-0.2, -0.15) is 11.8 Å². The smallest absolute Gasteiger partial charge is 0.145 e. The van der Waals surface area contributed by atoms with Crippen LogP contribution in [0.5, 0.6) is 0 Å². The molecule has 0 aliphatic heterocycles. The predicted octanol–water partition coefficient (Wildman–Crippen LogP) is 2.58. The fourth-order valence-corrected chi connectivity index (χ4v) is 2.41. The summed E-state index contributed by atoms with van der Waals surface area (Å²) in [5, 5.41) is 3.37. The van der Waals surface area contributed by atoms with Gasteiger partial charge in [0, 0.05) is 18.5 Å². The van der Waals surface area contributed by atoms with Gasteiger partial charge in [-0.3, -0.25) is 0 Å². The van der Waals surface area contributed by atoms with Crippen molar-refractivity contribution in [3.8, 4) is 0 Å². The van der Waals surface area contributed by atoms with Gasteiger partial charge in [0.2, 0.25) is 0 Å². The molecule has 6 heteroatoms. The lowest BCUT2D eigenvalue weighted by atomic mass is 10.2. The number of nitrogens with two attached hydrogens (primary N) is 1. The number of nitrogen functional groups attached to an aromatic ring is 1. The van der Waals surface area contributed by atoms with Crippen molar-refractivity contribution in [2.75, 3.05) is 29.3 Å². The molecule has 19 heavy (non-hydrogen) atoms. The zero-order valence-corrected chi connectivity index (χ0v) is 12.3. The van der Waals surface area contributed by atoms with Crippen LogP contribution in [0, 0.1) is 0 Å². The van der Waals surface area contributed by atoms with Gasteiger partial charge in [-0.25, -0.2) is 15.8 Å². The van der Waals surface area contributed by atoms with Crippen LogP contribution in [0.1, 0.15) is 43.8 Å². The molecule has 0 aromatic carbocycles. The summed E-state index contributed by atoms with van der Waals surface area (Å²) in [4.78, 5) is 8.95. The highest BCUT2D eigenvalue weighted by atomic mass is 32.2. The van der Waals surface area contributed by atoms with Crippen LogP contribution in [0.15, 0.2) is 6.07 Å². The molecule has 1 aliphatic carbocycles. The van der Waals surface area contributed by atoms with Crippen LogP contribution in [0.3, 0.4) is 0 Å². The number of hydrogen-bond donors (Lipinski definition) is 3. The Balaban J connectivity index is 1.80. The molecule has 1 aromatic heterocycles. The van der Waals surface area contributed by atoms with Crippen LogP contribution in [-0.4, -0.2) is 28.5 Å². The second-order valence-electron chi connectivity index (χ2n) is 4.90. The van der Waals surface area contributed by atoms with E-state index < -0.39 is 0 Å². The van der Waals surface area contributed by atoms with E-state index in [2.05, 4.69) is 27.0 Å². The SMILES string of the molecule is CSCCCCCNc1cc(NN)nc(C2CC2)n1. The number of unbranched alkanes of at least 4 members (excludes halogenated alkanes) is 2. The molecule has 1 heterocycles. The third-order valence-corrected chi connectivity index (χ3v) is 3.86. The van der Waals surface area contributed by atoms with E-state index in [-0.39, 0.29) is 0 Å². The Labute approximate surface area is 119 Å². The average Bonchev–Trinajstić information content (AvgIpc) is 3.27. The summed E-state index contributed by atoms with van der Waals surface area (Å²) in [6, 6.07) is 1.87. The Morgan fingerprint density at radius 2 is 2.05 bits per heavy atom. The van der Waals surface area contributed by atoms with Crippen molar-refractivity contribution in [1.29, 1.82) is 0 Å². The minimum absolute atomic E-state index is 0.537. The fraction of sp³-hybridized carbons (Fsp3) is 0.692. The van der Waals surface area contributed by atoms with Gasteiger partial charge >= 0.3 is 0 Å². The van der Waals surface area contributed by atoms with E-state index in [9.17, 15) is 0 Å². The molecule has 0 unspecified atom stereocenters. The molecule has 0 atom stereocenters. The van der Waals surface area contributed by atoms with Crippen LogP contribution in [0.25, 0.3) is 0 Å². The third kappa shape index (κ3) is 4.87. The summed E-state index contributed by atoms with van der Waals surface area (Å²) in [5.41, 5.74) is 2.61. The molecule has 1 saturated carbocycles. The lowest BCUT2D eigenvalue weighted by Gasteiger charge is -2.09. The lowest BCUT2D eigenvalue weighted by Crippen LogP contribution is -2.12. The molecule has 5 nitrogen and oxygen atoms in total. The van der Waals surface area contributed by atoms with Crippen LogP contribution in [-0.2, 0) is 0 Å². The zero-order chi connectivity index (χ0) is 13.5. The number of nitrogens with zero attached hydrogens (tertiary/aromatic N) is 2. The van der Waals surface area contributed by atoms with E-state index in [1.165, 1.54) is 37.9 Å². The van der Waals surface area contributed by atoms with Gasteiger partial charge in [0.15, 0.2) is 0 Å². The van der Waals surface area contributed by atoms with Crippen molar-refractivity contribution in [1.82, 2.24) is 9.97 Å². The summed E-state index contributed by atoms with van der Waals surface area (Å²) >= 11 is 1.91. The van der Waals surface area contributed by atoms with Crippen molar-refractivity contribution >= 4 is 23.4 Å². The topological polar surface area (TPSA) is 75.9 Å². The molecule has 1 fully saturated rings. The van der Waals surface area contributed by atoms with Crippen LogP contribution < -0.4 is 16.6 Å². The number of anilines is 2. The maximum atomic E-state index is 5.45. The number of hydrogen-bond acceptors (Lipinski definition) is 6. The Hall–Kier alpha value is -1.01. The summed E-state index contributed by atoms with van der Waals surface area (Å²) in [6.45, 7) is 0.958. The molecule has 1 aliphatic rings. The third-order valence-electron chi connectivity index (χ3n) is 3.17. The second-order valence-corrected chi connectivity index (χ2v) is 5.88. The zero-order valence-electron chi connectivity index (χ0n) is 11.5. The van der Waals surface area contributed by atoms with Gasteiger partial charge in [0.05, 0.1) is 0 Å². The van der Waals surface area contributed by atoms with Crippen LogP contribution >= 0.6 is 11.8 Å². The number of nitrogens with one attached hydrogen (secondary N) is 2. The number of hydrazine groups is 1.